The number of rotatable bonds is 8. The quantitative estimate of drug-likeness (QED) is 0.705. The maximum Gasteiger partial charge on any atom is 0.0619 e. The number of hydrogen-bond acceptors (Lipinski definition) is 4. The molecule has 0 spiro atoms. The van der Waals surface area contributed by atoms with E-state index in [-0.39, 0.29) is 12.1 Å². The van der Waals surface area contributed by atoms with Crippen molar-refractivity contribution in [1.82, 2.24) is 10.2 Å². The minimum atomic E-state index is -0.107. The first-order valence-corrected chi connectivity index (χ1v) is 7.73. The van der Waals surface area contributed by atoms with Crippen LogP contribution in [0.4, 0.5) is 0 Å². The zero-order chi connectivity index (χ0) is 14.3. The molecule has 2 N–H and O–H groups in total. The predicted molar refractivity (Wildman–Crippen MR) is 79.5 cm³/mol. The Kier molecular flexibility index (Phi) is 7.29. The summed E-state index contributed by atoms with van der Waals surface area (Å²) in [5.74, 6) is 0. The zero-order valence-corrected chi connectivity index (χ0v) is 13.1. The van der Waals surface area contributed by atoms with Gasteiger partial charge in [0, 0.05) is 24.2 Å². The van der Waals surface area contributed by atoms with Crippen molar-refractivity contribution in [3.05, 3.63) is 0 Å². The molecule has 2 unspecified atom stereocenters. The molecule has 0 aromatic heterocycles. The normalized spacial score (nSPS) is 24.6. The number of aliphatic hydroxyl groups excluding tert-OH is 1. The number of nitrogens with one attached hydrogen (secondary N) is 1. The lowest BCUT2D eigenvalue weighted by Gasteiger charge is -2.37. The van der Waals surface area contributed by atoms with Crippen molar-refractivity contribution in [2.24, 2.45) is 0 Å². The van der Waals surface area contributed by atoms with Crippen molar-refractivity contribution in [2.45, 2.75) is 64.6 Å². The smallest absolute Gasteiger partial charge is 0.0619 e. The van der Waals surface area contributed by atoms with Gasteiger partial charge in [-0.1, -0.05) is 20.8 Å². The van der Waals surface area contributed by atoms with Gasteiger partial charge in [-0.05, 0) is 32.7 Å². The van der Waals surface area contributed by atoms with Gasteiger partial charge in [-0.15, -0.1) is 0 Å². The van der Waals surface area contributed by atoms with Crippen LogP contribution in [0, 0.1) is 0 Å². The maximum absolute atomic E-state index is 9.72. The van der Waals surface area contributed by atoms with Crippen LogP contribution < -0.4 is 5.32 Å². The summed E-state index contributed by atoms with van der Waals surface area (Å²) in [5, 5.41) is 13.3. The summed E-state index contributed by atoms with van der Waals surface area (Å²) in [4.78, 5) is 2.50. The molecule has 1 heterocycles. The fraction of sp³-hybridized carbons (Fsp3) is 1.00. The molecule has 19 heavy (non-hydrogen) atoms. The van der Waals surface area contributed by atoms with E-state index in [1.807, 2.05) is 0 Å². The van der Waals surface area contributed by atoms with E-state index in [2.05, 4.69) is 37.9 Å². The molecule has 1 saturated heterocycles. The van der Waals surface area contributed by atoms with Crippen LogP contribution >= 0.6 is 0 Å². The molecule has 114 valence electrons. The van der Waals surface area contributed by atoms with E-state index in [4.69, 9.17) is 4.74 Å². The fourth-order valence-electron chi connectivity index (χ4n) is 2.91. The Labute approximate surface area is 118 Å². The van der Waals surface area contributed by atoms with Gasteiger partial charge in [0.2, 0.25) is 0 Å². The molecule has 1 rings (SSSR count). The molecule has 4 heteroatoms. The Morgan fingerprint density at radius 3 is 2.74 bits per heavy atom. The molecule has 0 aromatic carbocycles. The van der Waals surface area contributed by atoms with Gasteiger partial charge in [0.1, 0.15) is 0 Å². The number of nitrogens with zero attached hydrogens (tertiary/aromatic N) is 1. The van der Waals surface area contributed by atoms with Crippen LogP contribution in [0.5, 0.6) is 0 Å². The van der Waals surface area contributed by atoms with Gasteiger partial charge in [-0.25, -0.2) is 0 Å². The Balaban J connectivity index is 2.39. The van der Waals surface area contributed by atoms with Crippen LogP contribution in [-0.2, 0) is 4.74 Å². The molecule has 0 aliphatic carbocycles. The molecule has 1 aliphatic rings. The first-order chi connectivity index (χ1) is 9.03. The molecule has 0 radical (unpaired) electrons. The second-order valence-corrected chi connectivity index (χ2v) is 6.15. The van der Waals surface area contributed by atoms with Gasteiger partial charge >= 0.3 is 0 Å². The average molecular weight is 272 g/mol. The highest BCUT2D eigenvalue weighted by Gasteiger charge is 2.28. The Morgan fingerprint density at radius 1 is 1.47 bits per heavy atom. The van der Waals surface area contributed by atoms with E-state index in [0.717, 1.165) is 45.6 Å². The van der Waals surface area contributed by atoms with Crippen molar-refractivity contribution in [3.63, 3.8) is 0 Å². The highest BCUT2D eigenvalue weighted by atomic mass is 16.5. The number of hydrogen-bond donors (Lipinski definition) is 2. The van der Waals surface area contributed by atoms with Gasteiger partial charge in [0.25, 0.3) is 0 Å². The van der Waals surface area contributed by atoms with Crippen molar-refractivity contribution < 1.29 is 9.84 Å². The molecule has 0 bridgehead atoms. The molecule has 0 amide bonds. The lowest BCUT2D eigenvalue weighted by atomic mass is 9.90. The van der Waals surface area contributed by atoms with Crippen LogP contribution in [-0.4, -0.2) is 60.5 Å². The van der Waals surface area contributed by atoms with Crippen molar-refractivity contribution in [2.75, 3.05) is 32.9 Å². The Morgan fingerprint density at radius 2 is 2.21 bits per heavy atom. The van der Waals surface area contributed by atoms with Crippen molar-refractivity contribution >= 4 is 0 Å². The first kappa shape index (κ1) is 16.9. The van der Waals surface area contributed by atoms with Crippen LogP contribution in [0.15, 0.2) is 0 Å². The monoisotopic (exact) mass is 272 g/mol. The minimum absolute atomic E-state index is 0.107. The van der Waals surface area contributed by atoms with E-state index < -0.39 is 0 Å². The Bertz CT molecular complexity index is 242. The minimum Gasteiger partial charge on any atom is -0.394 e. The third-order valence-electron chi connectivity index (χ3n) is 4.18. The molecule has 0 aromatic rings. The van der Waals surface area contributed by atoms with E-state index >= 15 is 0 Å². The molecular weight excluding hydrogens is 240 g/mol. The molecule has 1 aliphatic heterocycles. The van der Waals surface area contributed by atoms with Crippen LogP contribution in [0.1, 0.15) is 47.0 Å². The standard InChI is InChI=1S/C15H32N2O2/c1-5-15(12-18,16-13(2)3)7-6-8-17-9-10-19-11-14(17)4/h13-14,16,18H,5-12H2,1-4H3. The summed E-state index contributed by atoms with van der Waals surface area (Å²) in [6.45, 7) is 12.7. The number of aliphatic hydroxyl groups is 1. The van der Waals surface area contributed by atoms with Gasteiger partial charge in [-0.3, -0.25) is 4.90 Å². The van der Waals surface area contributed by atoms with Crippen LogP contribution in [0.2, 0.25) is 0 Å². The molecule has 4 nitrogen and oxygen atoms in total. The van der Waals surface area contributed by atoms with E-state index in [0.29, 0.717) is 12.1 Å². The molecule has 1 fully saturated rings. The van der Waals surface area contributed by atoms with E-state index in [9.17, 15) is 5.11 Å². The Hall–Kier alpha value is -0.160. The lowest BCUT2D eigenvalue weighted by molar-refractivity contribution is -0.00250. The fourth-order valence-corrected chi connectivity index (χ4v) is 2.91. The van der Waals surface area contributed by atoms with E-state index in [1.165, 1.54) is 0 Å². The van der Waals surface area contributed by atoms with Crippen molar-refractivity contribution in [1.29, 1.82) is 0 Å². The third kappa shape index (κ3) is 5.38. The molecule has 2 atom stereocenters. The maximum atomic E-state index is 9.72. The SMILES string of the molecule is CCC(CO)(CCCN1CCOCC1C)NC(C)C. The van der Waals surface area contributed by atoms with E-state index in [1.54, 1.807) is 0 Å². The highest BCUT2D eigenvalue weighted by molar-refractivity contribution is 4.88. The first-order valence-electron chi connectivity index (χ1n) is 7.73. The van der Waals surface area contributed by atoms with Crippen LogP contribution in [0.25, 0.3) is 0 Å². The average Bonchev–Trinajstić information content (AvgIpc) is 2.39. The third-order valence-corrected chi connectivity index (χ3v) is 4.18. The van der Waals surface area contributed by atoms with Crippen LogP contribution in [0.3, 0.4) is 0 Å². The zero-order valence-electron chi connectivity index (χ0n) is 13.1. The second kappa shape index (κ2) is 8.20. The van der Waals surface area contributed by atoms with Gasteiger partial charge < -0.3 is 15.2 Å². The largest absolute Gasteiger partial charge is 0.394 e. The summed E-state index contributed by atoms with van der Waals surface area (Å²) in [5.41, 5.74) is -0.107. The second-order valence-electron chi connectivity index (χ2n) is 6.15. The topological polar surface area (TPSA) is 44.7 Å². The number of morpholine rings is 1. The van der Waals surface area contributed by atoms with Gasteiger partial charge in [0.05, 0.1) is 19.8 Å². The predicted octanol–water partition coefficient (Wildman–Crippen LogP) is 1.63. The number of ether oxygens (including phenoxy) is 1. The van der Waals surface area contributed by atoms with Gasteiger partial charge in [0.15, 0.2) is 0 Å². The van der Waals surface area contributed by atoms with Crippen molar-refractivity contribution in [3.8, 4) is 0 Å². The molecule has 0 saturated carbocycles. The summed E-state index contributed by atoms with van der Waals surface area (Å²) in [7, 11) is 0. The lowest BCUT2D eigenvalue weighted by Crippen LogP contribution is -2.52. The summed E-state index contributed by atoms with van der Waals surface area (Å²) >= 11 is 0. The summed E-state index contributed by atoms with van der Waals surface area (Å²) in [6, 6.07) is 0.936. The van der Waals surface area contributed by atoms with Gasteiger partial charge in [-0.2, -0.15) is 0 Å². The molecular formula is C15H32N2O2. The summed E-state index contributed by atoms with van der Waals surface area (Å²) in [6.07, 6.45) is 3.13. The summed E-state index contributed by atoms with van der Waals surface area (Å²) < 4.78 is 5.46. The highest BCUT2D eigenvalue weighted by Crippen LogP contribution is 2.19.